The van der Waals surface area contributed by atoms with Crippen molar-refractivity contribution in [2.75, 3.05) is 32.7 Å². The number of hydrogen-bond donors (Lipinski definition) is 2. The van der Waals surface area contributed by atoms with Crippen molar-refractivity contribution in [2.24, 2.45) is 10.9 Å². The highest BCUT2D eigenvalue weighted by Crippen LogP contribution is 2.22. The highest BCUT2D eigenvalue weighted by molar-refractivity contribution is 14.0. The summed E-state index contributed by atoms with van der Waals surface area (Å²) < 4.78 is 5.98. The Balaban J connectivity index is 0.00000392. The number of ether oxygens (including phenoxy) is 1. The summed E-state index contributed by atoms with van der Waals surface area (Å²) in [6, 6.07) is 6.35. The minimum Gasteiger partial charge on any atom is -0.491 e. The lowest BCUT2D eigenvalue weighted by molar-refractivity contribution is 0.240. The summed E-state index contributed by atoms with van der Waals surface area (Å²) >= 11 is 0. The van der Waals surface area contributed by atoms with Gasteiger partial charge in [-0.1, -0.05) is 19.1 Å². The molecule has 28 heavy (non-hydrogen) atoms. The van der Waals surface area contributed by atoms with Crippen LogP contribution in [0.2, 0.25) is 0 Å². The molecule has 2 N–H and O–H groups in total. The van der Waals surface area contributed by atoms with Crippen LogP contribution in [-0.4, -0.2) is 49.7 Å². The molecule has 6 heteroatoms. The summed E-state index contributed by atoms with van der Waals surface area (Å²) in [6.07, 6.45) is 2.67. The molecule has 1 fully saturated rings. The normalized spacial score (nSPS) is 17.5. The number of rotatable bonds is 9. The number of aryl methyl sites for hydroxylation is 1. The van der Waals surface area contributed by atoms with E-state index in [2.05, 4.69) is 68.4 Å². The molecular weight excluding hydrogens is 463 g/mol. The fourth-order valence-corrected chi connectivity index (χ4v) is 3.50. The van der Waals surface area contributed by atoms with Crippen LogP contribution < -0.4 is 15.4 Å². The van der Waals surface area contributed by atoms with Crippen LogP contribution in [0.5, 0.6) is 5.75 Å². The molecule has 1 aliphatic rings. The summed E-state index contributed by atoms with van der Waals surface area (Å²) in [6.45, 7) is 16.7. The van der Waals surface area contributed by atoms with Gasteiger partial charge >= 0.3 is 0 Å². The molecule has 0 radical (unpaired) electrons. The lowest BCUT2D eigenvalue weighted by Crippen LogP contribution is -2.40. The van der Waals surface area contributed by atoms with Gasteiger partial charge in [0.25, 0.3) is 0 Å². The molecule has 0 spiro atoms. The van der Waals surface area contributed by atoms with E-state index in [9.17, 15) is 0 Å². The molecule has 0 aromatic heterocycles. The van der Waals surface area contributed by atoms with Gasteiger partial charge < -0.3 is 20.3 Å². The van der Waals surface area contributed by atoms with Gasteiger partial charge in [0.2, 0.25) is 0 Å². The molecule has 1 aliphatic heterocycles. The van der Waals surface area contributed by atoms with E-state index in [4.69, 9.17) is 9.73 Å². The van der Waals surface area contributed by atoms with E-state index in [0.29, 0.717) is 12.5 Å². The van der Waals surface area contributed by atoms with E-state index in [0.717, 1.165) is 30.4 Å². The average Bonchev–Trinajstić information content (AvgIpc) is 3.06. The first-order valence-corrected chi connectivity index (χ1v) is 10.5. The minimum atomic E-state index is 0. The first kappa shape index (κ1) is 25.0. The SMILES string of the molecule is CCCN1CCC(CNC(=NCc2ccc(C)cc2OC(C)C)NCC)C1.I. The maximum atomic E-state index is 5.98. The van der Waals surface area contributed by atoms with Crippen LogP contribution in [0, 0.1) is 12.8 Å². The largest absolute Gasteiger partial charge is 0.491 e. The maximum Gasteiger partial charge on any atom is 0.191 e. The first-order chi connectivity index (χ1) is 13.0. The van der Waals surface area contributed by atoms with Crippen LogP contribution in [0.15, 0.2) is 23.2 Å². The summed E-state index contributed by atoms with van der Waals surface area (Å²) in [4.78, 5) is 7.37. The second-order valence-corrected chi connectivity index (χ2v) is 7.81. The first-order valence-electron chi connectivity index (χ1n) is 10.5. The van der Waals surface area contributed by atoms with E-state index < -0.39 is 0 Å². The van der Waals surface area contributed by atoms with Gasteiger partial charge in [-0.15, -0.1) is 24.0 Å². The van der Waals surface area contributed by atoms with Crippen molar-refractivity contribution < 1.29 is 4.74 Å². The van der Waals surface area contributed by atoms with Gasteiger partial charge in [0, 0.05) is 25.2 Å². The second-order valence-electron chi connectivity index (χ2n) is 7.81. The number of guanidine groups is 1. The standard InChI is InChI=1S/C22H38N4O.HI/c1-6-11-26-12-10-19(16-26)14-24-22(23-7-2)25-15-20-9-8-18(5)13-21(20)27-17(3)4;/h8-9,13,17,19H,6-7,10-12,14-16H2,1-5H3,(H2,23,24,25);1H. The number of likely N-dealkylation sites (tertiary alicyclic amines) is 1. The third kappa shape index (κ3) is 8.55. The molecule has 0 amide bonds. The van der Waals surface area contributed by atoms with E-state index in [1.807, 2.05) is 0 Å². The predicted molar refractivity (Wildman–Crippen MR) is 130 cm³/mol. The number of halogens is 1. The third-order valence-electron chi connectivity index (χ3n) is 4.81. The number of nitrogens with one attached hydrogen (secondary N) is 2. The van der Waals surface area contributed by atoms with Gasteiger partial charge in [0.15, 0.2) is 5.96 Å². The molecule has 0 bridgehead atoms. The molecule has 1 unspecified atom stereocenters. The van der Waals surface area contributed by atoms with E-state index in [1.165, 1.54) is 38.0 Å². The van der Waals surface area contributed by atoms with Crippen molar-refractivity contribution in [2.45, 2.75) is 60.1 Å². The zero-order valence-electron chi connectivity index (χ0n) is 18.3. The second kappa shape index (κ2) is 13.2. The molecule has 1 saturated heterocycles. The van der Waals surface area contributed by atoms with E-state index >= 15 is 0 Å². The van der Waals surface area contributed by atoms with Gasteiger partial charge in [-0.2, -0.15) is 0 Å². The van der Waals surface area contributed by atoms with E-state index in [1.54, 1.807) is 0 Å². The van der Waals surface area contributed by atoms with Gasteiger partial charge in [-0.3, -0.25) is 0 Å². The highest BCUT2D eigenvalue weighted by atomic mass is 127. The zero-order chi connectivity index (χ0) is 19.6. The van der Waals surface area contributed by atoms with Crippen LogP contribution in [0.3, 0.4) is 0 Å². The monoisotopic (exact) mass is 502 g/mol. The maximum absolute atomic E-state index is 5.98. The quantitative estimate of drug-likeness (QED) is 0.302. The topological polar surface area (TPSA) is 48.9 Å². The van der Waals surface area contributed by atoms with Gasteiger partial charge in [0.1, 0.15) is 5.75 Å². The minimum absolute atomic E-state index is 0. The lowest BCUT2D eigenvalue weighted by atomic mass is 10.1. The summed E-state index contributed by atoms with van der Waals surface area (Å²) in [5.74, 6) is 2.54. The zero-order valence-corrected chi connectivity index (χ0v) is 20.6. The Bertz CT molecular complexity index is 606. The summed E-state index contributed by atoms with van der Waals surface area (Å²) in [5, 5.41) is 6.91. The molecule has 5 nitrogen and oxygen atoms in total. The number of hydrogen-bond acceptors (Lipinski definition) is 3. The van der Waals surface area contributed by atoms with Crippen LogP contribution in [0.25, 0.3) is 0 Å². The fraction of sp³-hybridized carbons (Fsp3) is 0.682. The Morgan fingerprint density at radius 1 is 1.29 bits per heavy atom. The Morgan fingerprint density at radius 3 is 2.75 bits per heavy atom. The van der Waals surface area contributed by atoms with Crippen molar-refractivity contribution >= 4 is 29.9 Å². The molecule has 0 saturated carbocycles. The number of aliphatic imine (C=N–C) groups is 1. The Hall–Kier alpha value is -1.02. The molecular formula is C22H39IN4O. The van der Waals surface area contributed by atoms with Crippen LogP contribution in [0.4, 0.5) is 0 Å². The van der Waals surface area contributed by atoms with E-state index in [-0.39, 0.29) is 30.1 Å². The van der Waals surface area contributed by atoms with Crippen LogP contribution in [0.1, 0.15) is 51.7 Å². The molecule has 2 rings (SSSR count). The molecule has 1 atom stereocenters. The van der Waals surface area contributed by atoms with Crippen molar-refractivity contribution in [3.8, 4) is 5.75 Å². The smallest absolute Gasteiger partial charge is 0.191 e. The predicted octanol–water partition coefficient (Wildman–Crippen LogP) is 4.19. The molecule has 0 aliphatic carbocycles. The summed E-state index contributed by atoms with van der Waals surface area (Å²) in [7, 11) is 0. The number of nitrogens with zero attached hydrogens (tertiary/aromatic N) is 2. The van der Waals surface area contributed by atoms with Crippen LogP contribution >= 0.6 is 24.0 Å². The van der Waals surface area contributed by atoms with Crippen molar-refractivity contribution in [1.82, 2.24) is 15.5 Å². The fourth-order valence-electron chi connectivity index (χ4n) is 3.50. The third-order valence-corrected chi connectivity index (χ3v) is 4.81. The van der Waals surface area contributed by atoms with Crippen LogP contribution in [-0.2, 0) is 6.54 Å². The highest BCUT2D eigenvalue weighted by Gasteiger charge is 2.21. The molecule has 1 aromatic carbocycles. The van der Waals surface area contributed by atoms with Crippen molar-refractivity contribution in [3.05, 3.63) is 29.3 Å². The van der Waals surface area contributed by atoms with Crippen molar-refractivity contribution in [3.63, 3.8) is 0 Å². The van der Waals surface area contributed by atoms with Gasteiger partial charge in [0.05, 0.1) is 12.6 Å². The Labute approximate surface area is 188 Å². The molecule has 1 aromatic rings. The molecule has 160 valence electrons. The summed E-state index contributed by atoms with van der Waals surface area (Å²) in [5.41, 5.74) is 2.34. The van der Waals surface area contributed by atoms with Gasteiger partial charge in [-0.25, -0.2) is 4.99 Å². The molecule has 1 heterocycles. The average molecular weight is 502 g/mol. The lowest BCUT2D eigenvalue weighted by Gasteiger charge is -2.17. The number of benzene rings is 1. The Kier molecular flexibility index (Phi) is 11.8. The van der Waals surface area contributed by atoms with Crippen molar-refractivity contribution in [1.29, 1.82) is 0 Å². The van der Waals surface area contributed by atoms with Gasteiger partial charge in [-0.05, 0) is 71.2 Å². The Morgan fingerprint density at radius 2 is 2.07 bits per heavy atom.